The van der Waals surface area contributed by atoms with E-state index in [1.54, 1.807) is 0 Å². The predicted octanol–water partition coefficient (Wildman–Crippen LogP) is 1.98. The lowest BCUT2D eigenvalue weighted by Crippen LogP contribution is -2.37. The van der Waals surface area contributed by atoms with Gasteiger partial charge in [0, 0.05) is 6.04 Å². The minimum Gasteiger partial charge on any atom is -0.326 e. The van der Waals surface area contributed by atoms with Gasteiger partial charge in [0.05, 0.1) is 12.7 Å². The van der Waals surface area contributed by atoms with Crippen molar-refractivity contribution in [3.05, 3.63) is 0 Å². The molecule has 3 heteroatoms. The van der Waals surface area contributed by atoms with E-state index in [9.17, 15) is 4.79 Å². The highest BCUT2D eigenvalue weighted by Crippen LogP contribution is 2.16. The largest absolute Gasteiger partial charge is 0.326 e. The maximum absolute atomic E-state index is 12.0. The van der Waals surface area contributed by atoms with Crippen LogP contribution in [0, 0.1) is 5.92 Å². The molecule has 15 heavy (non-hydrogen) atoms. The molecule has 1 aliphatic heterocycles. The number of nitrogens with zero attached hydrogens (tertiary/aromatic N) is 1. The van der Waals surface area contributed by atoms with Gasteiger partial charge in [0.15, 0.2) is 0 Å². The van der Waals surface area contributed by atoms with Crippen LogP contribution in [0.1, 0.15) is 47.0 Å². The molecule has 0 aromatic carbocycles. The quantitative estimate of drug-likeness (QED) is 0.755. The van der Waals surface area contributed by atoms with E-state index in [1.807, 2.05) is 4.90 Å². The Balaban J connectivity index is 2.47. The lowest BCUT2D eigenvalue weighted by Gasteiger charge is -2.25. The zero-order valence-electron chi connectivity index (χ0n) is 10.4. The predicted molar refractivity (Wildman–Crippen MR) is 62.5 cm³/mol. The van der Waals surface area contributed by atoms with E-state index in [0.29, 0.717) is 17.9 Å². The standard InChI is InChI=1S/C12H24N2O/c1-5-6-11-12(15)14(8-13-11)10(4)7-9(2)3/h9-11,13H,5-8H2,1-4H3. The number of carbonyl (C=O) groups is 1. The van der Waals surface area contributed by atoms with Gasteiger partial charge in [-0.1, -0.05) is 27.2 Å². The van der Waals surface area contributed by atoms with Crippen LogP contribution in [0.5, 0.6) is 0 Å². The molecule has 1 fully saturated rings. The van der Waals surface area contributed by atoms with Crippen molar-refractivity contribution in [2.24, 2.45) is 5.92 Å². The van der Waals surface area contributed by atoms with E-state index < -0.39 is 0 Å². The van der Waals surface area contributed by atoms with Gasteiger partial charge in [-0.05, 0) is 25.7 Å². The Morgan fingerprint density at radius 2 is 2.13 bits per heavy atom. The first-order valence-corrected chi connectivity index (χ1v) is 6.10. The third kappa shape index (κ3) is 3.20. The third-order valence-corrected chi connectivity index (χ3v) is 3.01. The monoisotopic (exact) mass is 212 g/mol. The van der Waals surface area contributed by atoms with Crippen LogP contribution in [-0.4, -0.2) is 29.6 Å². The van der Waals surface area contributed by atoms with Gasteiger partial charge in [-0.15, -0.1) is 0 Å². The average Bonchev–Trinajstić information content (AvgIpc) is 2.48. The Kier molecular flexibility index (Phi) is 4.58. The summed E-state index contributed by atoms with van der Waals surface area (Å²) in [5.41, 5.74) is 0. The molecule has 1 N–H and O–H groups in total. The molecule has 1 amide bonds. The third-order valence-electron chi connectivity index (χ3n) is 3.01. The number of carbonyl (C=O) groups excluding carboxylic acids is 1. The Labute approximate surface area is 93.2 Å². The molecule has 0 saturated carbocycles. The number of nitrogens with one attached hydrogen (secondary N) is 1. The summed E-state index contributed by atoms with van der Waals surface area (Å²) in [6, 6.07) is 0.441. The SMILES string of the molecule is CCCC1NCN(C(C)CC(C)C)C1=O. The van der Waals surface area contributed by atoms with Crippen molar-refractivity contribution in [2.45, 2.75) is 59.0 Å². The first-order valence-electron chi connectivity index (χ1n) is 6.10. The van der Waals surface area contributed by atoms with Gasteiger partial charge in [0.1, 0.15) is 0 Å². The first-order chi connectivity index (χ1) is 7.06. The molecule has 0 radical (unpaired) electrons. The minimum atomic E-state index is 0.0737. The van der Waals surface area contributed by atoms with Crippen LogP contribution in [0.25, 0.3) is 0 Å². The molecule has 0 aromatic heterocycles. The topological polar surface area (TPSA) is 32.3 Å². The molecule has 1 heterocycles. The van der Waals surface area contributed by atoms with Crippen LogP contribution in [0.2, 0.25) is 0 Å². The van der Waals surface area contributed by atoms with Crippen LogP contribution in [0.3, 0.4) is 0 Å². The van der Waals surface area contributed by atoms with Crippen LogP contribution >= 0.6 is 0 Å². The van der Waals surface area contributed by atoms with Crippen molar-refractivity contribution in [1.29, 1.82) is 0 Å². The molecule has 0 aromatic rings. The molecule has 0 aliphatic carbocycles. The summed E-state index contributed by atoms with van der Waals surface area (Å²) in [5.74, 6) is 0.947. The summed E-state index contributed by atoms with van der Waals surface area (Å²) in [7, 11) is 0. The Bertz CT molecular complexity index is 216. The fourth-order valence-corrected chi connectivity index (χ4v) is 2.27. The number of rotatable bonds is 5. The summed E-state index contributed by atoms with van der Waals surface area (Å²) >= 11 is 0. The van der Waals surface area contributed by atoms with Gasteiger partial charge in [0.25, 0.3) is 0 Å². The van der Waals surface area contributed by atoms with Gasteiger partial charge in [-0.25, -0.2) is 0 Å². The van der Waals surface area contributed by atoms with Crippen molar-refractivity contribution >= 4 is 5.91 Å². The van der Waals surface area contributed by atoms with Gasteiger partial charge in [0.2, 0.25) is 5.91 Å². The second-order valence-electron chi connectivity index (χ2n) is 4.99. The smallest absolute Gasteiger partial charge is 0.241 e. The minimum absolute atomic E-state index is 0.0737. The highest BCUT2D eigenvalue weighted by Gasteiger charge is 2.32. The van der Waals surface area contributed by atoms with E-state index in [-0.39, 0.29) is 6.04 Å². The first kappa shape index (κ1) is 12.5. The van der Waals surface area contributed by atoms with Crippen molar-refractivity contribution in [3.8, 4) is 0 Å². The number of amides is 1. The molecule has 1 rings (SSSR count). The fraction of sp³-hybridized carbons (Fsp3) is 0.917. The van der Waals surface area contributed by atoms with Crippen LogP contribution in [0.4, 0.5) is 0 Å². The van der Waals surface area contributed by atoms with Gasteiger partial charge < -0.3 is 4.90 Å². The average molecular weight is 212 g/mol. The van der Waals surface area contributed by atoms with Crippen molar-refractivity contribution in [1.82, 2.24) is 10.2 Å². The molecule has 0 spiro atoms. The second kappa shape index (κ2) is 5.50. The van der Waals surface area contributed by atoms with Crippen LogP contribution in [0.15, 0.2) is 0 Å². The summed E-state index contributed by atoms with van der Waals surface area (Å²) in [5, 5.41) is 3.29. The van der Waals surface area contributed by atoms with Crippen molar-refractivity contribution in [3.63, 3.8) is 0 Å². The molecule has 1 saturated heterocycles. The lowest BCUT2D eigenvalue weighted by molar-refractivity contribution is -0.130. The Morgan fingerprint density at radius 1 is 1.47 bits per heavy atom. The summed E-state index contributed by atoms with van der Waals surface area (Å²) in [4.78, 5) is 14.0. The number of hydrogen-bond acceptors (Lipinski definition) is 2. The summed E-state index contributed by atoms with van der Waals surface area (Å²) in [6.07, 6.45) is 3.12. The Morgan fingerprint density at radius 3 is 2.67 bits per heavy atom. The fourth-order valence-electron chi connectivity index (χ4n) is 2.27. The maximum atomic E-state index is 12.0. The highest BCUT2D eigenvalue weighted by molar-refractivity contribution is 5.83. The zero-order chi connectivity index (χ0) is 11.4. The lowest BCUT2D eigenvalue weighted by atomic mass is 10.0. The van der Waals surface area contributed by atoms with E-state index >= 15 is 0 Å². The van der Waals surface area contributed by atoms with E-state index in [1.165, 1.54) is 0 Å². The maximum Gasteiger partial charge on any atom is 0.241 e. The zero-order valence-corrected chi connectivity index (χ0v) is 10.4. The van der Waals surface area contributed by atoms with E-state index in [2.05, 4.69) is 33.0 Å². The van der Waals surface area contributed by atoms with Gasteiger partial charge >= 0.3 is 0 Å². The summed E-state index contributed by atoms with van der Waals surface area (Å²) < 4.78 is 0. The second-order valence-corrected chi connectivity index (χ2v) is 4.99. The van der Waals surface area contributed by atoms with Crippen LogP contribution < -0.4 is 5.32 Å². The van der Waals surface area contributed by atoms with Crippen molar-refractivity contribution < 1.29 is 4.79 Å². The molecule has 88 valence electrons. The Hall–Kier alpha value is -0.570. The molecule has 2 atom stereocenters. The van der Waals surface area contributed by atoms with Crippen LogP contribution in [-0.2, 0) is 4.79 Å². The van der Waals surface area contributed by atoms with Gasteiger partial charge in [-0.2, -0.15) is 0 Å². The molecule has 0 bridgehead atoms. The van der Waals surface area contributed by atoms with E-state index in [0.717, 1.165) is 25.9 Å². The molecular formula is C12H24N2O. The molecule has 3 nitrogen and oxygen atoms in total. The normalized spacial score (nSPS) is 23.9. The van der Waals surface area contributed by atoms with Gasteiger partial charge in [-0.3, -0.25) is 10.1 Å². The number of hydrogen-bond donors (Lipinski definition) is 1. The summed E-state index contributed by atoms with van der Waals surface area (Å²) in [6.45, 7) is 9.41. The molecule has 2 unspecified atom stereocenters. The molecular weight excluding hydrogens is 188 g/mol. The van der Waals surface area contributed by atoms with Crippen molar-refractivity contribution in [2.75, 3.05) is 6.67 Å². The highest BCUT2D eigenvalue weighted by atomic mass is 16.2. The van der Waals surface area contributed by atoms with E-state index in [4.69, 9.17) is 0 Å². The molecule has 1 aliphatic rings.